The molecule has 1 amide bonds. The Balaban J connectivity index is 3.40. The molecule has 0 aliphatic heterocycles. The van der Waals surface area contributed by atoms with Gasteiger partial charge in [-0.15, -0.1) is 0 Å². The number of aliphatic hydroxyl groups is 2. The van der Waals surface area contributed by atoms with Crippen LogP contribution in [0.25, 0.3) is 0 Å². The lowest BCUT2D eigenvalue weighted by molar-refractivity contribution is -0.123. The van der Waals surface area contributed by atoms with Crippen LogP contribution in [0.15, 0.2) is 36.5 Å². The van der Waals surface area contributed by atoms with Crippen molar-refractivity contribution in [2.24, 2.45) is 0 Å². The molecule has 0 heterocycles. The van der Waals surface area contributed by atoms with Crippen molar-refractivity contribution < 1.29 is 15.0 Å². The van der Waals surface area contributed by atoms with Crippen LogP contribution in [0.4, 0.5) is 0 Å². The van der Waals surface area contributed by atoms with E-state index in [0.29, 0.717) is 6.42 Å². The first-order valence-electron chi connectivity index (χ1n) is 24.2. The predicted octanol–water partition coefficient (Wildman–Crippen LogP) is 15.4. The largest absolute Gasteiger partial charge is 0.394 e. The lowest BCUT2D eigenvalue weighted by Gasteiger charge is -2.19. The predicted molar refractivity (Wildman–Crippen MR) is 239 cm³/mol. The van der Waals surface area contributed by atoms with Crippen molar-refractivity contribution in [2.75, 3.05) is 6.61 Å². The fraction of sp³-hybridized carbons (Fsp3) is 0.860. The monoisotopic (exact) mass is 758 g/mol. The zero-order valence-electron chi connectivity index (χ0n) is 36.5. The highest BCUT2D eigenvalue weighted by molar-refractivity contribution is 5.76. The van der Waals surface area contributed by atoms with Crippen LogP contribution in [0, 0.1) is 0 Å². The van der Waals surface area contributed by atoms with E-state index in [2.05, 4.69) is 43.5 Å². The molecule has 0 aromatic carbocycles. The summed E-state index contributed by atoms with van der Waals surface area (Å²) in [5.41, 5.74) is 0. The first-order valence-corrected chi connectivity index (χ1v) is 24.2. The molecule has 0 aromatic heterocycles. The van der Waals surface area contributed by atoms with Gasteiger partial charge < -0.3 is 15.5 Å². The van der Waals surface area contributed by atoms with E-state index >= 15 is 0 Å². The van der Waals surface area contributed by atoms with E-state index in [1.165, 1.54) is 205 Å². The van der Waals surface area contributed by atoms with Gasteiger partial charge in [0.05, 0.1) is 18.8 Å². The highest BCUT2D eigenvalue weighted by Gasteiger charge is 2.17. The third kappa shape index (κ3) is 41.8. The van der Waals surface area contributed by atoms with E-state index in [9.17, 15) is 15.0 Å². The summed E-state index contributed by atoms with van der Waals surface area (Å²) >= 11 is 0. The Labute approximate surface area is 338 Å². The van der Waals surface area contributed by atoms with Crippen molar-refractivity contribution in [2.45, 2.75) is 270 Å². The van der Waals surface area contributed by atoms with Gasteiger partial charge in [0.25, 0.3) is 0 Å². The molecule has 0 bridgehead atoms. The maximum Gasteiger partial charge on any atom is 0.220 e. The smallest absolute Gasteiger partial charge is 0.220 e. The lowest BCUT2D eigenvalue weighted by atomic mass is 10.0. The number of amides is 1. The van der Waals surface area contributed by atoms with Crippen LogP contribution in [0.2, 0.25) is 0 Å². The molecule has 0 aromatic rings. The van der Waals surface area contributed by atoms with Crippen LogP contribution in [0.3, 0.4) is 0 Å². The van der Waals surface area contributed by atoms with E-state index in [-0.39, 0.29) is 12.5 Å². The van der Waals surface area contributed by atoms with Gasteiger partial charge in [0.15, 0.2) is 0 Å². The quantitative estimate of drug-likeness (QED) is 0.0428. The van der Waals surface area contributed by atoms with Gasteiger partial charge in [0.2, 0.25) is 5.91 Å². The molecule has 2 unspecified atom stereocenters. The van der Waals surface area contributed by atoms with Crippen LogP contribution in [0.1, 0.15) is 258 Å². The fourth-order valence-electron chi connectivity index (χ4n) is 7.37. The lowest BCUT2D eigenvalue weighted by Crippen LogP contribution is -2.45. The minimum absolute atomic E-state index is 0.0742. The van der Waals surface area contributed by atoms with Crippen LogP contribution in [0.5, 0.6) is 0 Å². The molecule has 3 N–H and O–H groups in total. The Hall–Kier alpha value is -1.39. The molecule has 0 spiro atoms. The van der Waals surface area contributed by atoms with Crippen molar-refractivity contribution in [3.05, 3.63) is 36.5 Å². The molecule has 0 saturated heterocycles. The van der Waals surface area contributed by atoms with Gasteiger partial charge in [-0.3, -0.25) is 4.79 Å². The summed E-state index contributed by atoms with van der Waals surface area (Å²) in [4.78, 5) is 12.3. The summed E-state index contributed by atoms with van der Waals surface area (Å²) < 4.78 is 0. The first kappa shape index (κ1) is 52.6. The molecule has 4 nitrogen and oxygen atoms in total. The van der Waals surface area contributed by atoms with Gasteiger partial charge in [-0.05, 0) is 57.8 Å². The highest BCUT2D eigenvalue weighted by Crippen LogP contribution is 2.16. The second-order valence-electron chi connectivity index (χ2n) is 16.5. The molecule has 0 saturated carbocycles. The zero-order valence-corrected chi connectivity index (χ0v) is 36.5. The van der Waals surface area contributed by atoms with Crippen molar-refractivity contribution in [1.82, 2.24) is 5.32 Å². The van der Waals surface area contributed by atoms with E-state index in [1.54, 1.807) is 6.08 Å². The second kappa shape index (κ2) is 46.0. The van der Waals surface area contributed by atoms with Gasteiger partial charge in [0, 0.05) is 6.42 Å². The van der Waals surface area contributed by atoms with Gasteiger partial charge in [-0.2, -0.15) is 0 Å². The highest BCUT2D eigenvalue weighted by atomic mass is 16.3. The molecular weight excluding hydrogens is 663 g/mol. The summed E-state index contributed by atoms with van der Waals surface area (Å²) in [6, 6.07) is -0.635. The SMILES string of the molecule is CCCCC/C=C/CC/C=C/C(O)C(CO)NC(=O)CCCCCCCCCCCCCCCCCCC/C=C\CCCCCCCCCCCCCC. The van der Waals surface area contributed by atoms with Crippen molar-refractivity contribution in [3.8, 4) is 0 Å². The number of carbonyl (C=O) groups excluding carboxylic acids is 1. The van der Waals surface area contributed by atoms with Gasteiger partial charge in [-0.1, -0.05) is 230 Å². The average Bonchev–Trinajstić information content (AvgIpc) is 3.18. The average molecular weight is 758 g/mol. The van der Waals surface area contributed by atoms with Gasteiger partial charge in [-0.25, -0.2) is 0 Å². The summed E-state index contributed by atoms with van der Waals surface area (Å²) in [7, 11) is 0. The van der Waals surface area contributed by atoms with E-state index in [0.717, 1.165) is 32.1 Å². The molecule has 4 heteroatoms. The normalized spacial score (nSPS) is 13.2. The summed E-state index contributed by atoms with van der Waals surface area (Å²) in [5.74, 6) is -0.0742. The van der Waals surface area contributed by atoms with Crippen molar-refractivity contribution in [3.63, 3.8) is 0 Å². The Morgan fingerprint density at radius 2 is 0.722 bits per heavy atom. The number of aliphatic hydroxyl groups excluding tert-OH is 2. The molecule has 0 aliphatic rings. The number of rotatable bonds is 44. The van der Waals surface area contributed by atoms with Crippen molar-refractivity contribution >= 4 is 5.91 Å². The molecule has 2 atom stereocenters. The van der Waals surface area contributed by atoms with Crippen LogP contribution in [-0.2, 0) is 4.79 Å². The summed E-state index contributed by atoms with van der Waals surface area (Å²) in [6.45, 7) is 4.26. The van der Waals surface area contributed by atoms with E-state index < -0.39 is 12.1 Å². The Morgan fingerprint density at radius 3 is 1.11 bits per heavy atom. The molecular formula is C50H95NO3. The minimum Gasteiger partial charge on any atom is -0.394 e. The maximum atomic E-state index is 12.3. The Kier molecular flexibility index (Phi) is 44.8. The number of carbonyl (C=O) groups is 1. The number of allylic oxidation sites excluding steroid dienone is 5. The molecule has 0 aliphatic carbocycles. The van der Waals surface area contributed by atoms with Gasteiger partial charge in [0.1, 0.15) is 0 Å². The Morgan fingerprint density at radius 1 is 0.426 bits per heavy atom. The van der Waals surface area contributed by atoms with Crippen LogP contribution < -0.4 is 5.32 Å². The molecule has 0 radical (unpaired) electrons. The molecule has 318 valence electrons. The standard InChI is InChI=1S/C50H95NO3/c1-3-5-7-9-11-13-14-15-16-17-18-19-20-21-22-23-24-25-26-27-28-29-30-31-32-33-34-35-36-38-40-42-44-46-50(54)51-48(47-52)49(53)45-43-41-39-37-12-10-8-6-4-2/h12,21-22,37,43,45,48-49,52-53H,3-11,13-20,23-36,38-42,44,46-47H2,1-2H3,(H,51,54)/b22-21-,37-12+,45-43+. The third-order valence-electron chi connectivity index (χ3n) is 11.1. The topological polar surface area (TPSA) is 69.6 Å². The van der Waals surface area contributed by atoms with Crippen LogP contribution >= 0.6 is 0 Å². The van der Waals surface area contributed by atoms with Crippen molar-refractivity contribution in [1.29, 1.82) is 0 Å². The summed E-state index contributed by atoms with van der Waals surface area (Å²) in [6.07, 6.45) is 61.6. The Bertz CT molecular complexity index is 821. The maximum absolute atomic E-state index is 12.3. The zero-order chi connectivity index (χ0) is 39.3. The van der Waals surface area contributed by atoms with Crippen LogP contribution in [-0.4, -0.2) is 34.9 Å². The first-order chi connectivity index (χ1) is 26.7. The van der Waals surface area contributed by atoms with E-state index in [1.807, 2.05) is 6.08 Å². The number of unbranched alkanes of at least 4 members (excludes halogenated alkanes) is 33. The number of hydrogen-bond donors (Lipinski definition) is 3. The number of nitrogens with one attached hydrogen (secondary N) is 1. The molecule has 0 rings (SSSR count). The molecule has 0 fully saturated rings. The molecule has 54 heavy (non-hydrogen) atoms. The minimum atomic E-state index is -0.858. The van der Waals surface area contributed by atoms with E-state index in [4.69, 9.17) is 0 Å². The van der Waals surface area contributed by atoms with Gasteiger partial charge >= 0.3 is 0 Å². The summed E-state index contributed by atoms with van der Waals surface area (Å²) in [5, 5.41) is 22.8. The third-order valence-corrected chi connectivity index (χ3v) is 11.1. The second-order valence-corrected chi connectivity index (χ2v) is 16.5. The number of hydrogen-bond acceptors (Lipinski definition) is 3. The fourth-order valence-corrected chi connectivity index (χ4v) is 7.37.